The van der Waals surface area contributed by atoms with Gasteiger partial charge in [0.05, 0.1) is 0 Å². The van der Waals surface area contributed by atoms with E-state index in [1.807, 2.05) is 24.4 Å². The van der Waals surface area contributed by atoms with Crippen molar-refractivity contribution in [2.45, 2.75) is 38.5 Å². The number of rotatable bonds is 1. The second-order valence-corrected chi connectivity index (χ2v) is 7.33. The normalized spacial score (nSPS) is 20.1. The minimum absolute atomic E-state index is 0.573. The highest BCUT2D eigenvalue weighted by molar-refractivity contribution is 6.10. The van der Waals surface area contributed by atoms with E-state index in [4.69, 9.17) is 4.42 Å². The smallest absolute Gasteiger partial charge is 0.161 e. The van der Waals surface area contributed by atoms with E-state index in [-0.39, 0.29) is 0 Å². The van der Waals surface area contributed by atoms with Crippen molar-refractivity contribution in [3.05, 3.63) is 65.9 Å². The maximum Gasteiger partial charge on any atom is 0.161 e. The molecular weight excluding hydrogens is 306 g/mol. The van der Waals surface area contributed by atoms with Crippen LogP contribution in [0.15, 0.2) is 59.1 Å². The predicted molar refractivity (Wildman–Crippen MR) is 103 cm³/mol. The molecule has 2 nitrogen and oxygen atoms in total. The van der Waals surface area contributed by atoms with Gasteiger partial charge in [-0.05, 0) is 47.9 Å². The van der Waals surface area contributed by atoms with Crippen LogP contribution in [0.2, 0.25) is 0 Å². The van der Waals surface area contributed by atoms with Crippen LogP contribution in [-0.4, -0.2) is 4.98 Å². The van der Waals surface area contributed by atoms with E-state index in [9.17, 15) is 0 Å². The molecule has 0 aliphatic heterocycles. The highest BCUT2D eigenvalue weighted by Crippen LogP contribution is 2.45. The minimum atomic E-state index is 0.573. The predicted octanol–water partition coefficient (Wildman–Crippen LogP) is 6.65. The van der Waals surface area contributed by atoms with Crippen molar-refractivity contribution in [3.8, 4) is 11.3 Å². The molecule has 0 fully saturated rings. The minimum Gasteiger partial charge on any atom is -0.454 e. The highest BCUT2D eigenvalue weighted by atomic mass is 16.3. The van der Waals surface area contributed by atoms with Crippen molar-refractivity contribution in [1.29, 1.82) is 0 Å². The zero-order valence-corrected chi connectivity index (χ0v) is 14.6. The van der Waals surface area contributed by atoms with Crippen LogP contribution in [0.5, 0.6) is 0 Å². The zero-order chi connectivity index (χ0) is 17.0. The lowest BCUT2D eigenvalue weighted by Gasteiger charge is -2.28. The van der Waals surface area contributed by atoms with Gasteiger partial charge in [-0.25, -0.2) is 0 Å². The van der Waals surface area contributed by atoms with Crippen molar-refractivity contribution in [2.75, 3.05) is 0 Å². The molecule has 2 atom stereocenters. The molecule has 0 saturated carbocycles. The number of furan rings is 1. The average molecular weight is 327 g/mol. The van der Waals surface area contributed by atoms with Crippen LogP contribution >= 0.6 is 0 Å². The second-order valence-electron chi connectivity index (χ2n) is 7.33. The fourth-order valence-electron chi connectivity index (χ4n) is 4.40. The van der Waals surface area contributed by atoms with E-state index >= 15 is 0 Å². The third kappa shape index (κ3) is 2.13. The van der Waals surface area contributed by atoms with Crippen LogP contribution in [0.4, 0.5) is 0 Å². The lowest BCUT2D eigenvalue weighted by atomic mass is 9.76. The van der Waals surface area contributed by atoms with Crippen LogP contribution in [0, 0.1) is 0 Å². The summed E-state index contributed by atoms with van der Waals surface area (Å²) in [6.45, 7) is 4.69. The SMILES string of the molecule is CC1CCC(C)c2c1ccc1oc3c(-c4ccccc4)nccc3c21. The molecule has 1 aliphatic carbocycles. The Morgan fingerprint density at radius 3 is 2.56 bits per heavy atom. The molecule has 2 heterocycles. The van der Waals surface area contributed by atoms with E-state index in [0.29, 0.717) is 11.8 Å². The molecule has 2 heteroatoms. The first-order valence-electron chi connectivity index (χ1n) is 9.13. The first-order chi connectivity index (χ1) is 12.2. The van der Waals surface area contributed by atoms with E-state index in [2.05, 4.69) is 49.2 Å². The van der Waals surface area contributed by atoms with Crippen molar-refractivity contribution < 1.29 is 4.42 Å². The van der Waals surface area contributed by atoms with E-state index in [1.54, 1.807) is 0 Å². The molecule has 1 aliphatic rings. The molecule has 5 rings (SSSR count). The van der Waals surface area contributed by atoms with Crippen LogP contribution in [0.25, 0.3) is 33.2 Å². The molecular formula is C23H21NO. The van der Waals surface area contributed by atoms with E-state index in [1.165, 1.54) is 34.7 Å². The van der Waals surface area contributed by atoms with Gasteiger partial charge in [0, 0.05) is 22.5 Å². The van der Waals surface area contributed by atoms with Crippen LogP contribution < -0.4 is 0 Å². The molecule has 0 radical (unpaired) electrons. The van der Waals surface area contributed by atoms with Crippen molar-refractivity contribution in [1.82, 2.24) is 4.98 Å². The molecule has 0 amide bonds. The molecule has 2 unspecified atom stereocenters. The summed E-state index contributed by atoms with van der Waals surface area (Å²) >= 11 is 0. The fraction of sp³-hybridized carbons (Fsp3) is 0.261. The van der Waals surface area contributed by atoms with Gasteiger partial charge in [0.15, 0.2) is 5.58 Å². The van der Waals surface area contributed by atoms with Gasteiger partial charge in [0.25, 0.3) is 0 Å². The van der Waals surface area contributed by atoms with Crippen LogP contribution in [0.1, 0.15) is 49.7 Å². The standard InChI is InChI=1S/C23H21NO/c1-14-8-9-15(2)20-17(14)10-11-19-21(20)18-12-13-24-22(23(18)25-19)16-6-4-3-5-7-16/h3-7,10-15H,8-9H2,1-2H3. The van der Waals surface area contributed by atoms with Crippen LogP contribution in [0.3, 0.4) is 0 Å². The topological polar surface area (TPSA) is 26.0 Å². The van der Waals surface area contributed by atoms with E-state index < -0.39 is 0 Å². The monoisotopic (exact) mass is 327 g/mol. The largest absolute Gasteiger partial charge is 0.454 e. The summed E-state index contributed by atoms with van der Waals surface area (Å²) in [5, 5.41) is 2.49. The Balaban J connectivity index is 1.88. The molecule has 4 aromatic rings. The van der Waals surface area contributed by atoms with Crippen LogP contribution in [-0.2, 0) is 0 Å². The third-order valence-corrected chi connectivity index (χ3v) is 5.73. The number of pyridine rings is 1. The molecule has 0 bridgehead atoms. The summed E-state index contributed by atoms with van der Waals surface area (Å²) in [5.74, 6) is 1.19. The van der Waals surface area contributed by atoms with Gasteiger partial charge in [0.1, 0.15) is 11.3 Å². The number of benzene rings is 2. The summed E-state index contributed by atoms with van der Waals surface area (Å²) in [5.41, 5.74) is 6.90. The van der Waals surface area contributed by atoms with Crippen molar-refractivity contribution in [2.24, 2.45) is 0 Å². The van der Waals surface area contributed by atoms with Gasteiger partial charge in [-0.2, -0.15) is 0 Å². The van der Waals surface area contributed by atoms with Gasteiger partial charge in [-0.15, -0.1) is 0 Å². The Morgan fingerprint density at radius 1 is 0.920 bits per heavy atom. The number of nitrogens with zero attached hydrogens (tertiary/aromatic N) is 1. The van der Waals surface area contributed by atoms with Gasteiger partial charge < -0.3 is 4.42 Å². The average Bonchev–Trinajstić information content (AvgIpc) is 3.04. The molecule has 25 heavy (non-hydrogen) atoms. The molecule has 2 aromatic heterocycles. The van der Waals surface area contributed by atoms with E-state index in [0.717, 1.165) is 22.4 Å². The summed E-state index contributed by atoms with van der Waals surface area (Å²) in [7, 11) is 0. The zero-order valence-electron chi connectivity index (χ0n) is 14.6. The van der Waals surface area contributed by atoms with Gasteiger partial charge in [0.2, 0.25) is 0 Å². The Bertz CT molecular complexity index is 1080. The first kappa shape index (κ1) is 14.7. The fourth-order valence-corrected chi connectivity index (χ4v) is 4.40. The lowest BCUT2D eigenvalue weighted by Crippen LogP contribution is -2.10. The van der Waals surface area contributed by atoms with Crippen molar-refractivity contribution >= 4 is 21.9 Å². The quantitative estimate of drug-likeness (QED) is 0.391. The number of fused-ring (bicyclic) bond motifs is 5. The summed E-state index contributed by atoms with van der Waals surface area (Å²) in [6.07, 6.45) is 4.43. The Kier molecular flexibility index (Phi) is 3.21. The maximum atomic E-state index is 6.33. The lowest BCUT2D eigenvalue weighted by molar-refractivity contribution is 0.530. The highest BCUT2D eigenvalue weighted by Gasteiger charge is 2.26. The summed E-state index contributed by atoms with van der Waals surface area (Å²) in [4.78, 5) is 4.62. The van der Waals surface area contributed by atoms with Gasteiger partial charge >= 0.3 is 0 Å². The Morgan fingerprint density at radius 2 is 1.72 bits per heavy atom. The Hall–Kier alpha value is -2.61. The second kappa shape index (κ2) is 5.45. The number of hydrogen-bond acceptors (Lipinski definition) is 2. The maximum absolute atomic E-state index is 6.33. The van der Waals surface area contributed by atoms with Gasteiger partial charge in [-0.3, -0.25) is 4.98 Å². The molecule has 0 saturated heterocycles. The molecule has 2 aromatic carbocycles. The number of aromatic nitrogens is 1. The molecule has 0 N–H and O–H groups in total. The van der Waals surface area contributed by atoms with Crippen molar-refractivity contribution in [3.63, 3.8) is 0 Å². The molecule has 124 valence electrons. The first-order valence-corrected chi connectivity index (χ1v) is 9.13. The molecule has 0 spiro atoms. The Labute approximate surface area is 147 Å². The summed E-state index contributed by atoms with van der Waals surface area (Å²) in [6, 6.07) is 16.8. The number of hydrogen-bond donors (Lipinski definition) is 0. The summed E-state index contributed by atoms with van der Waals surface area (Å²) < 4.78 is 6.33. The van der Waals surface area contributed by atoms with Gasteiger partial charge in [-0.1, -0.05) is 50.2 Å². The third-order valence-electron chi connectivity index (χ3n) is 5.73.